The highest BCUT2D eigenvalue weighted by Crippen LogP contribution is 2.24. The average molecular weight is 371 g/mol. The van der Waals surface area contributed by atoms with Gasteiger partial charge in [-0.15, -0.1) is 0 Å². The molecule has 0 spiro atoms. The van der Waals surface area contributed by atoms with Crippen molar-refractivity contribution in [2.75, 3.05) is 6.54 Å². The Labute approximate surface area is 160 Å². The number of aromatic hydroxyl groups is 1. The number of carboxylic acids is 1. The van der Waals surface area contributed by atoms with Crippen LogP contribution < -0.4 is 5.73 Å². The van der Waals surface area contributed by atoms with Crippen molar-refractivity contribution in [1.82, 2.24) is 0 Å². The Morgan fingerprint density at radius 1 is 0.926 bits per heavy atom. The Morgan fingerprint density at radius 3 is 1.93 bits per heavy atom. The largest absolute Gasteiger partial charge is 0.507 e. The third kappa shape index (κ3) is 6.87. The third-order valence-electron chi connectivity index (χ3n) is 3.82. The summed E-state index contributed by atoms with van der Waals surface area (Å²) in [6.45, 7) is 9.14. The minimum Gasteiger partial charge on any atom is -0.507 e. The highest BCUT2D eigenvalue weighted by atomic mass is 16.4. The molecule has 0 heterocycles. The number of phenols is 1. The van der Waals surface area contributed by atoms with Crippen LogP contribution >= 0.6 is 0 Å². The van der Waals surface area contributed by atoms with Crippen molar-refractivity contribution < 1.29 is 19.8 Å². The molecule has 5 nitrogen and oxygen atoms in total. The van der Waals surface area contributed by atoms with Gasteiger partial charge in [0.2, 0.25) is 0 Å². The normalized spacial score (nSPS) is 10.5. The Balaban J connectivity index is 0.000000646. The lowest BCUT2D eigenvalue weighted by Gasteiger charge is -2.10. The summed E-state index contributed by atoms with van der Waals surface area (Å²) < 4.78 is 0. The van der Waals surface area contributed by atoms with Gasteiger partial charge in [-0.1, -0.05) is 52.0 Å². The zero-order chi connectivity index (χ0) is 20.6. The van der Waals surface area contributed by atoms with Crippen LogP contribution in [0.4, 0.5) is 0 Å². The fraction of sp³-hybridized carbons (Fsp3) is 0.364. The Hall–Kier alpha value is -2.66. The van der Waals surface area contributed by atoms with Crippen LogP contribution in [0.15, 0.2) is 42.5 Å². The van der Waals surface area contributed by atoms with Crippen molar-refractivity contribution in [3.05, 3.63) is 64.7 Å². The SMILES string of the molecule is CC(C)CN.CC(C)Cc1ccc(C(=O)c2ccccc2C(=O)O)c(O)c1. The van der Waals surface area contributed by atoms with Gasteiger partial charge in [-0.25, -0.2) is 4.79 Å². The van der Waals surface area contributed by atoms with Crippen LogP contribution in [0.1, 0.15) is 59.5 Å². The smallest absolute Gasteiger partial charge is 0.336 e. The van der Waals surface area contributed by atoms with Crippen LogP contribution in [-0.2, 0) is 6.42 Å². The molecule has 2 aromatic rings. The van der Waals surface area contributed by atoms with E-state index in [0.29, 0.717) is 11.8 Å². The maximum absolute atomic E-state index is 12.5. The zero-order valence-electron chi connectivity index (χ0n) is 16.4. The molecule has 0 radical (unpaired) electrons. The van der Waals surface area contributed by atoms with Crippen LogP contribution in [0.5, 0.6) is 5.75 Å². The molecule has 0 saturated carbocycles. The lowest BCUT2D eigenvalue weighted by molar-refractivity contribution is 0.0692. The predicted molar refractivity (Wildman–Crippen MR) is 107 cm³/mol. The van der Waals surface area contributed by atoms with Gasteiger partial charge >= 0.3 is 5.97 Å². The summed E-state index contributed by atoms with van der Waals surface area (Å²) in [7, 11) is 0. The molecular weight excluding hydrogens is 342 g/mol. The first kappa shape index (κ1) is 22.4. The molecule has 0 amide bonds. The highest BCUT2D eigenvalue weighted by molar-refractivity contribution is 6.15. The van der Waals surface area contributed by atoms with E-state index in [1.54, 1.807) is 30.3 Å². The molecule has 0 aliphatic heterocycles. The highest BCUT2D eigenvalue weighted by Gasteiger charge is 2.20. The maximum Gasteiger partial charge on any atom is 0.336 e. The van der Waals surface area contributed by atoms with E-state index < -0.39 is 11.8 Å². The van der Waals surface area contributed by atoms with E-state index in [1.807, 2.05) is 0 Å². The van der Waals surface area contributed by atoms with E-state index >= 15 is 0 Å². The Morgan fingerprint density at radius 2 is 1.48 bits per heavy atom. The summed E-state index contributed by atoms with van der Waals surface area (Å²) in [5.41, 5.74) is 6.22. The number of carboxylic acid groups (broad SMARTS) is 1. The second kappa shape index (κ2) is 10.5. The minimum absolute atomic E-state index is 0.0712. The van der Waals surface area contributed by atoms with Gasteiger partial charge in [-0.05, 0) is 48.6 Å². The number of hydrogen-bond acceptors (Lipinski definition) is 4. The van der Waals surface area contributed by atoms with Gasteiger partial charge in [0.05, 0.1) is 11.1 Å². The summed E-state index contributed by atoms with van der Waals surface area (Å²) in [6.07, 6.45) is 0.799. The van der Waals surface area contributed by atoms with Crippen LogP contribution in [-0.4, -0.2) is 28.5 Å². The number of phenolic OH excluding ortho intramolecular Hbond substituents is 1. The molecule has 2 rings (SSSR count). The molecule has 0 bridgehead atoms. The molecule has 0 aliphatic rings. The van der Waals surface area contributed by atoms with E-state index in [0.717, 1.165) is 18.5 Å². The molecule has 0 aromatic heterocycles. The third-order valence-corrected chi connectivity index (χ3v) is 3.82. The minimum atomic E-state index is -1.17. The number of benzene rings is 2. The van der Waals surface area contributed by atoms with Gasteiger partial charge in [0.15, 0.2) is 5.78 Å². The number of nitrogens with two attached hydrogens (primary N) is 1. The molecule has 0 unspecified atom stereocenters. The summed E-state index contributed by atoms with van der Waals surface area (Å²) in [6, 6.07) is 10.9. The number of carbonyl (C=O) groups excluding carboxylic acids is 1. The lowest BCUT2D eigenvalue weighted by Crippen LogP contribution is -2.10. The molecule has 2 aromatic carbocycles. The molecule has 146 valence electrons. The average Bonchev–Trinajstić information content (AvgIpc) is 2.61. The quantitative estimate of drug-likeness (QED) is 0.663. The number of ketones is 1. The zero-order valence-corrected chi connectivity index (χ0v) is 16.4. The van der Waals surface area contributed by atoms with Crippen molar-refractivity contribution >= 4 is 11.8 Å². The standard InChI is InChI=1S/C18H18O4.C4H11N/c1-11(2)9-12-7-8-15(16(19)10-12)17(20)13-5-3-4-6-14(13)18(21)22;1-4(2)3-5/h3-8,10-11,19H,9H2,1-2H3,(H,21,22);4H,3,5H2,1-2H3. The van der Waals surface area contributed by atoms with Gasteiger partial charge in [0.1, 0.15) is 5.75 Å². The number of hydrogen-bond donors (Lipinski definition) is 3. The van der Waals surface area contributed by atoms with Gasteiger partial charge in [-0.3, -0.25) is 4.79 Å². The Bertz CT molecular complexity index is 782. The molecule has 0 atom stereocenters. The molecular formula is C22H29NO4. The fourth-order valence-electron chi connectivity index (χ4n) is 2.38. The fourth-order valence-corrected chi connectivity index (χ4v) is 2.38. The molecule has 27 heavy (non-hydrogen) atoms. The molecule has 4 N–H and O–H groups in total. The van der Waals surface area contributed by atoms with E-state index in [-0.39, 0.29) is 22.4 Å². The van der Waals surface area contributed by atoms with E-state index in [2.05, 4.69) is 27.7 Å². The number of carbonyl (C=O) groups is 2. The van der Waals surface area contributed by atoms with E-state index in [1.165, 1.54) is 12.1 Å². The van der Waals surface area contributed by atoms with Crippen molar-refractivity contribution in [1.29, 1.82) is 0 Å². The molecule has 5 heteroatoms. The summed E-state index contributed by atoms with van der Waals surface area (Å²) in [5, 5.41) is 19.3. The molecule has 0 saturated heterocycles. The lowest BCUT2D eigenvalue weighted by atomic mass is 9.95. The molecule has 0 fully saturated rings. The molecule has 0 aliphatic carbocycles. The second-order valence-corrected chi connectivity index (χ2v) is 7.26. The topological polar surface area (TPSA) is 101 Å². The van der Waals surface area contributed by atoms with Crippen molar-refractivity contribution in [3.8, 4) is 5.75 Å². The van der Waals surface area contributed by atoms with Crippen molar-refractivity contribution in [2.24, 2.45) is 17.6 Å². The summed E-state index contributed by atoms with van der Waals surface area (Å²) in [4.78, 5) is 23.7. The van der Waals surface area contributed by atoms with Crippen LogP contribution in [0.2, 0.25) is 0 Å². The monoisotopic (exact) mass is 371 g/mol. The van der Waals surface area contributed by atoms with Crippen LogP contribution in [0, 0.1) is 11.8 Å². The number of aromatic carboxylic acids is 1. The van der Waals surface area contributed by atoms with Gasteiger partial charge in [-0.2, -0.15) is 0 Å². The number of rotatable bonds is 6. The van der Waals surface area contributed by atoms with E-state index in [9.17, 15) is 14.7 Å². The van der Waals surface area contributed by atoms with Crippen LogP contribution in [0.3, 0.4) is 0 Å². The second-order valence-electron chi connectivity index (χ2n) is 7.26. The first-order valence-corrected chi connectivity index (χ1v) is 9.06. The van der Waals surface area contributed by atoms with Gasteiger partial charge in [0.25, 0.3) is 0 Å². The predicted octanol–water partition coefficient (Wildman–Crippen LogP) is 4.12. The van der Waals surface area contributed by atoms with Crippen LogP contribution in [0.25, 0.3) is 0 Å². The first-order valence-electron chi connectivity index (χ1n) is 9.06. The first-order chi connectivity index (χ1) is 12.7. The summed E-state index contributed by atoms with van der Waals surface area (Å²) in [5.74, 6) is -0.682. The van der Waals surface area contributed by atoms with Gasteiger partial charge < -0.3 is 15.9 Å². The summed E-state index contributed by atoms with van der Waals surface area (Å²) >= 11 is 0. The van der Waals surface area contributed by atoms with Crippen molar-refractivity contribution in [2.45, 2.75) is 34.1 Å². The maximum atomic E-state index is 12.5. The van der Waals surface area contributed by atoms with E-state index in [4.69, 9.17) is 10.8 Å². The van der Waals surface area contributed by atoms with Gasteiger partial charge in [0, 0.05) is 5.56 Å². The van der Waals surface area contributed by atoms with Crippen molar-refractivity contribution in [3.63, 3.8) is 0 Å². The Kier molecular flexibility index (Phi) is 8.69.